The highest BCUT2D eigenvalue weighted by Crippen LogP contribution is 2.61. The maximum Gasteiger partial charge on any atom is 0.0897 e. The third-order valence-corrected chi connectivity index (χ3v) is 7.25. The topological polar surface area (TPSA) is 41.5 Å². The first-order valence-corrected chi connectivity index (χ1v) is 10.2. The lowest BCUT2D eigenvalue weighted by molar-refractivity contribution is -0.0730. The number of rotatable bonds is 8. The van der Waals surface area contributed by atoms with E-state index in [1.54, 1.807) is 0 Å². The molecule has 5 rings (SSSR count). The first-order valence-electron chi connectivity index (χ1n) is 10.2. The zero-order chi connectivity index (χ0) is 15.7. The molecule has 0 saturated heterocycles. The van der Waals surface area contributed by atoms with E-state index in [9.17, 15) is 5.11 Å². The zero-order valence-corrected chi connectivity index (χ0v) is 14.6. The Morgan fingerprint density at radius 1 is 1.00 bits per heavy atom. The maximum absolute atomic E-state index is 10.1. The quantitative estimate of drug-likeness (QED) is 0.672. The second-order valence-electron chi connectivity index (χ2n) is 9.29. The Hall–Kier alpha value is -0.120. The van der Waals surface area contributed by atoms with Crippen molar-refractivity contribution in [2.75, 3.05) is 19.8 Å². The molecule has 3 nitrogen and oxygen atoms in total. The van der Waals surface area contributed by atoms with Crippen molar-refractivity contribution in [3.05, 3.63) is 0 Å². The minimum Gasteiger partial charge on any atom is -0.389 e. The van der Waals surface area contributed by atoms with Gasteiger partial charge in [0.2, 0.25) is 0 Å². The number of aliphatic hydroxyl groups is 1. The fourth-order valence-corrected chi connectivity index (χ4v) is 6.60. The summed E-state index contributed by atoms with van der Waals surface area (Å²) in [4.78, 5) is 0. The van der Waals surface area contributed by atoms with Gasteiger partial charge in [0, 0.05) is 19.2 Å². The standard InChI is InChI=1S/C20H35NO2/c22-19(13-21-18-3-1-2-4-18)14-23-6-5-20-10-15-7-16(11-20)9-17(8-15)12-20/h15-19,21-22H,1-14H2/t15?,16?,17?,19-,20?/m1/s1. The molecule has 2 N–H and O–H groups in total. The van der Waals surface area contributed by atoms with Gasteiger partial charge in [0.15, 0.2) is 0 Å². The third-order valence-electron chi connectivity index (χ3n) is 7.25. The average Bonchev–Trinajstić information content (AvgIpc) is 3.02. The van der Waals surface area contributed by atoms with Gasteiger partial charge < -0.3 is 15.2 Å². The summed E-state index contributed by atoms with van der Waals surface area (Å²) < 4.78 is 5.86. The van der Waals surface area contributed by atoms with Crippen LogP contribution in [0.3, 0.4) is 0 Å². The van der Waals surface area contributed by atoms with Crippen molar-refractivity contribution in [2.45, 2.75) is 82.8 Å². The Balaban J connectivity index is 1.13. The predicted molar refractivity (Wildman–Crippen MR) is 92.3 cm³/mol. The van der Waals surface area contributed by atoms with E-state index in [0.29, 0.717) is 24.6 Å². The molecule has 0 unspecified atom stereocenters. The Bertz CT molecular complexity index is 356. The second-order valence-corrected chi connectivity index (χ2v) is 9.29. The largest absolute Gasteiger partial charge is 0.389 e. The maximum atomic E-state index is 10.1. The van der Waals surface area contributed by atoms with Gasteiger partial charge in [0.25, 0.3) is 0 Å². The first-order chi connectivity index (χ1) is 11.2. The summed E-state index contributed by atoms with van der Waals surface area (Å²) in [7, 11) is 0. The number of hydrogen-bond acceptors (Lipinski definition) is 3. The van der Waals surface area contributed by atoms with Crippen LogP contribution < -0.4 is 5.32 Å². The van der Waals surface area contributed by atoms with Crippen LogP contribution in [0.2, 0.25) is 0 Å². The molecule has 0 amide bonds. The molecule has 0 spiro atoms. The Morgan fingerprint density at radius 3 is 2.22 bits per heavy atom. The fourth-order valence-electron chi connectivity index (χ4n) is 6.60. The number of ether oxygens (including phenoxy) is 1. The van der Waals surface area contributed by atoms with E-state index >= 15 is 0 Å². The Morgan fingerprint density at radius 2 is 1.61 bits per heavy atom. The second kappa shape index (κ2) is 7.01. The highest BCUT2D eigenvalue weighted by atomic mass is 16.5. The van der Waals surface area contributed by atoms with Crippen LogP contribution in [0.25, 0.3) is 0 Å². The van der Waals surface area contributed by atoms with Gasteiger partial charge in [-0.15, -0.1) is 0 Å². The molecule has 3 heteroatoms. The molecule has 0 aromatic heterocycles. The molecule has 0 aliphatic heterocycles. The first kappa shape index (κ1) is 16.4. The molecular formula is C20H35NO2. The van der Waals surface area contributed by atoms with Crippen LogP contribution in [0.15, 0.2) is 0 Å². The monoisotopic (exact) mass is 321 g/mol. The Kier molecular flexibility index (Phi) is 4.99. The van der Waals surface area contributed by atoms with Gasteiger partial charge in [-0.1, -0.05) is 12.8 Å². The highest BCUT2D eigenvalue weighted by molar-refractivity contribution is 5.01. The number of hydrogen-bond donors (Lipinski definition) is 2. The van der Waals surface area contributed by atoms with Crippen LogP contribution in [-0.2, 0) is 4.74 Å². The molecule has 5 aliphatic rings. The van der Waals surface area contributed by atoms with E-state index in [1.165, 1.54) is 70.6 Å². The zero-order valence-electron chi connectivity index (χ0n) is 14.6. The summed E-state index contributed by atoms with van der Waals surface area (Å²) in [6, 6.07) is 0.636. The smallest absolute Gasteiger partial charge is 0.0897 e. The van der Waals surface area contributed by atoms with Gasteiger partial charge in [-0.2, -0.15) is 0 Å². The summed E-state index contributed by atoms with van der Waals surface area (Å²) in [6.45, 7) is 2.06. The van der Waals surface area contributed by atoms with Gasteiger partial charge in [-0.25, -0.2) is 0 Å². The van der Waals surface area contributed by atoms with Gasteiger partial charge in [-0.3, -0.25) is 0 Å². The van der Waals surface area contributed by atoms with Crippen LogP contribution in [0.1, 0.15) is 70.6 Å². The van der Waals surface area contributed by atoms with Crippen LogP contribution in [0, 0.1) is 23.2 Å². The molecule has 4 bridgehead atoms. The van der Waals surface area contributed by atoms with Crippen molar-refractivity contribution in [1.82, 2.24) is 5.32 Å². The van der Waals surface area contributed by atoms with E-state index in [4.69, 9.17) is 4.74 Å². The summed E-state index contributed by atoms with van der Waals surface area (Å²) in [6.07, 6.45) is 15.1. The van der Waals surface area contributed by atoms with Crippen LogP contribution in [0.4, 0.5) is 0 Å². The molecule has 1 atom stereocenters. The number of nitrogens with one attached hydrogen (secondary N) is 1. The Labute approximate surface area is 141 Å². The van der Waals surface area contributed by atoms with Crippen LogP contribution in [-0.4, -0.2) is 37.0 Å². The molecular weight excluding hydrogens is 286 g/mol. The summed E-state index contributed by atoms with van der Waals surface area (Å²) >= 11 is 0. The SMILES string of the molecule is O[C@H](CNC1CCCC1)COCCC12CC3CC(CC(C3)C1)C2. The van der Waals surface area contributed by atoms with Crippen molar-refractivity contribution >= 4 is 0 Å². The molecule has 23 heavy (non-hydrogen) atoms. The molecule has 5 fully saturated rings. The molecule has 0 radical (unpaired) electrons. The molecule has 132 valence electrons. The third kappa shape index (κ3) is 3.93. The van der Waals surface area contributed by atoms with Crippen molar-refractivity contribution in [3.63, 3.8) is 0 Å². The van der Waals surface area contributed by atoms with Crippen molar-refractivity contribution < 1.29 is 9.84 Å². The molecule has 5 aliphatic carbocycles. The van der Waals surface area contributed by atoms with Gasteiger partial charge >= 0.3 is 0 Å². The molecule has 5 saturated carbocycles. The van der Waals surface area contributed by atoms with E-state index in [2.05, 4.69) is 5.32 Å². The lowest BCUT2D eigenvalue weighted by Crippen LogP contribution is -2.46. The summed E-state index contributed by atoms with van der Waals surface area (Å²) in [5, 5.41) is 13.6. The highest BCUT2D eigenvalue weighted by Gasteiger charge is 2.50. The number of aliphatic hydroxyl groups excluding tert-OH is 1. The lowest BCUT2D eigenvalue weighted by atomic mass is 9.49. The van der Waals surface area contributed by atoms with Crippen molar-refractivity contribution in [1.29, 1.82) is 0 Å². The summed E-state index contributed by atoms with van der Waals surface area (Å²) in [5.41, 5.74) is 0.613. The van der Waals surface area contributed by atoms with E-state index in [0.717, 1.165) is 24.4 Å². The predicted octanol–water partition coefficient (Wildman–Crippen LogP) is 3.50. The fraction of sp³-hybridized carbons (Fsp3) is 1.00. The summed E-state index contributed by atoms with van der Waals surface area (Å²) in [5.74, 6) is 3.09. The van der Waals surface area contributed by atoms with E-state index in [1.807, 2.05) is 0 Å². The normalized spacial score (nSPS) is 40.8. The van der Waals surface area contributed by atoms with Crippen molar-refractivity contribution in [3.8, 4) is 0 Å². The van der Waals surface area contributed by atoms with Gasteiger partial charge in [-0.05, 0) is 81.0 Å². The van der Waals surface area contributed by atoms with Crippen molar-refractivity contribution in [2.24, 2.45) is 23.2 Å². The molecule has 0 aromatic carbocycles. The van der Waals surface area contributed by atoms with Crippen LogP contribution >= 0.6 is 0 Å². The minimum absolute atomic E-state index is 0.341. The minimum atomic E-state index is -0.341. The van der Waals surface area contributed by atoms with E-state index in [-0.39, 0.29) is 6.10 Å². The molecule has 0 heterocycles. The van der Waals surface area contributed by atoms with E-state index < -0.39 is 0 Å². The lowest BCUT2D eigenvalue weighted by Gasteiger charge is -2.57. The average molecular weight is 322 g/mol. The van der Waals surface area contributed by atoms with Gasteiger partial charge in [0.1, 0.15) is 0 Å². The molecule has 0 aromatic rings. The van der Waals surface area contributed by atoms with Gasteiger partial charge in [0.05, 0.1) is 12.7 Å². The van der Waals surface area contributed by atoms with Crippen LogP contribution in [0.5, 0.6) is 0 Å².